The number of nitrogens with zero attached hydrogens (tertiary/aromatic N) is 9. The Morgan fingerprint density at radius 2 is 0.880 bits per heavy atom. The summed E-state index contributed by atoms with van der Waals surface area (Å²) in [6.07, 6.45) is 13.3. The van der Waals surface area contributed by atoms with Crippen LogP contribution in [-0.4, -0.2) is 110 Å². The van der Waals surface area contributed by atoms with Gasteiger partial charge < -0.3 is 39.8 Å². The largest absolute Gasteiger partial charge is 0.416 e. The van der Waals surface area contributed by atoms with Gasteiger partial charge in [0.1, 0.15) is 16.8 Å². The lowest BCUT2D eigenvalue weighted by molar-refractivity contribution is -0.143. The van der Waals surface area contributed by atoms with Crippen LogP contribution in [0.4, 0.5) is 70.3 Å². The molecule has 17 nitrogen and oxygen atoms in total. The Morgan fingerprint density at radius 1 is 0.472 bits per heavy atom. The molecule has 7 aromatic carbocycles. The predicted molar refractivity (Wildman–Crippen MR) is 456 cm³/mol. The van der Waals surface area contributed by atoms with Crippen LogP contribution < -0.4 is 20.4 Å². The van der Waals surface area contributed by atoms with Crippen LogP contribution in [0.3, 0.4) is 0 Å². The van der Waals surface area contributed by atoms with Gasteiger partial charge in [-0.05, 0) is 240 Å². The molecule has 0 unspecified atom stereocenters. The van der Waals surface area contributed by atoms with E-state index in [-0.39, 0.29) is 47.0 Å². The van der Waals surface area contributed by atoms with Crippen LogP contribution >= 0.6 is 11.6 Å². The van der Waals surface area contributed by atoms with E-state index in [9.17, 15) is 67.4 Å². The summed E-state index contributed by atoms with van der Waals surface area (Å²) >= 11 is 5.64. The van der Waals surface area contributed by atoms with Crippen molar-refractivity contribution in [2.75, 3.05) is 54.6 Å². The molecule has 3 aliphatic heterocycles. The summed E-state index contributed by atoms with van der Waals surface area (Å²) in [7, 11) is 1.46. The van der Waals surface area contributed by atoms with Crippen LogP contribution in [0.15, 0.2) is 164 Å². The third kappa shape index (κ3) is 25.4. The fraction of sp³-hybridized carbons (Fsp3) is 0.432. The number of alkyl halides is 6. The number of pyridine rings is 3. The van der Waals surface area contributed by atoms with Crippen molar-refractivity contribution in [3.8, 4) is 0 Å². The number of halogens is 13. The van der Waals surface area contributed by atoms with Gasteiger partial charge >= 0.3 is 12.4 Å². The van der Waals surface area contributed by atoms with Gasteiger partial charge in [-0.3, -0.25) is 9.59 Å². The normalized spacial score (nSPS) is 20.8. The molecular formula is C95H102ClF12N11O6. The molecule has 0 bridgehead atoms. The van der Waals surface area contributed by atoms with E-state index in [1.807, 2.05) is 36.4 Å². The molecule has 3 saturated carbocycles. The van der Waals surface area contributed by atoms with Gasteiger partial charge in [0.05, 0.1) is 72.3 Å². The smallest absolute Gasteiger partial charge is 0.392 e. The van der Waals surface area contributed by atoms with Crippen LogP contribution in [0, 0.1) is 70.4 Å². The highest BCUT2D eigenvalue weighted by molar-refractivity contribution is 6.32. The molecule has 17 rings (SSSR count). The van der Waals surface area contributed by atoms with Gasteiger partial charge in [-0.25, -0.2) is 41.3 Å². The van der Waals surface area contributed by atoms with Crippen molar-refractivity contribution in [2.24, 2.45) is 42.6 Å². The minimum absolute atomic E-state index is 0.00605. The van der Waals surface area contributed by atoms with Crippen molar-refractivity contribution in [3.63, 3.8) is 0 Å². The number of hydrogen-bond donors (Lipinski definition) is 3. The number of rotatable bonds is 23. The second-order valence-corrected chi connectivity index (χ2v) is 33.6. The van der Waals surface area contributed by atoms with E-state index in [4.69, 9.17) is 30.8 Å². The Balaban J connectivity index is 0.000000138. The number of carbonyl (C=O) groups excluding carboxylic acids is 2. The zero-order valence-corrected chi connectivity index (χ0v) is 70.1. The first-order valence-electron chi connectivity index (χ1n) is 42.8. The van der Waals surface area contributed by atoms with Crippen LogP contribution in [0.5, 0.6) is 0 Å². The molecule has 30 heteroatoms. The lowest BCUT2D eigenvalue weighted by atomic mass is 9.78. The molecule has 3 aliphatic carbocycles. The maximum atomic E-state index is 13.8. The molecule has 3 atom stereocenters. The molecule has 3 saturated heterocycles. The van der Waals surface area contributed by atoms with E-state index in [1.165, 1.54) is 74.9 Å². The number of anilines is 3. The first-order valence-corrected chi connectivity index (χ1v) is 43.1. The van der Waals surface area contributed by atoms with E-state index in [2.05, 4.69) is 100 Å². The first-order chi connectivity index (χ1) is 60.3. The summed E-state index contributed by atoms with van der Waals surface area (Å²) in [6, 6.07) is 45.1. The molecule has 0 amide bonds. The van der Waals surface area contributed by atoms with Gasteiger partial charge in [0, 0.05) is 97.5 Å². The van der Waals surface area contributed by atoms with Crippen LogP contribution in [-0.2, 0) is 66.6 Å². The van der Waals surface area contributed by atoms with Crippen molar-refractivity contribution in [1.82, 2.24) is 40.5 Å². The molecular weight excluding hydrogens is 1650 g/mol. The Kier molecular flexibility index (Phi) is 32.4. The molecule has 0 spiro atoms. The number of aliphatic hydroxyl groups excluding tert-OH is 1. The Hall–Kier alpha value is -10.2. The third-order valence-corrected chi connectivity index (χ3v) is 24.9. The molecule has 4 aromatic heterocycles. The number of benzene rings is 7. The molecule has 3 N–H and O–H groups in total. The number of carbonyl (C=O) groups is 2. The summed E-state index contributed by atoms with van der Waals surface area (Å²) < 4.78 is 175. The van der Waals surface area contributed by atoms with Crippen molar-refractivity contribution in [3.05, 3.63) is 254 Å². The number of ether oxygens (including phenoxy) is 3. The van der Waals surface area contributed by atoms with Crippen LogP contribution in [0.1, 0.15) is 175 Å². The standard InChI is InChI=1S/C28H32F2N2O2.C28H30F2N2O2.C18H27NO.C11H9F6N5.C10H4ClF2NO/c2*29-24-14-22-13-23(16-33)28(31-26(22)15-25(24)30)32-12-4-7-27(32)21-10-8-20(9-11-21)18-34-17-19-5-2-1-3-6-19;1-2-5-15(6-3-1)13-20-14-16-8-10-17(11-9-16)18-7-4-12-19-18;1-22-20-9(19-21-22)18-5-6-2-7(10(12,13)14)4-8(3-6)11(15,16)17;11-10-6(4-15)1-5-2-7(12)8(13)3-9(5)14-10/h1-3,5-6,13-15,20-21,27,33H,4,7-12,16-18H2;1-3,5-6,13-16,20-21,27H,4,7-12,17-18H2;1-3,5-6,16-19H,4,7-14H2;2-4H,5H2,1H3,(H,18,20);1-4H/t2*20?,21?,27-;16?,17?,18-;;/m111../s1. The zero-order valence-electron chi connectivity index (χ0n) is 69.4. The highest BCUT2D eigenvalue weighted by atomic mass is 35.5. The van der Waals surface area contributed by atoms with Gasteiger partial charge in [0.25, 0.3) is 5.95 Å². The van der Waals surface area contributed by atoms with E-state index in [0.717, 1.165) is 188 Å². The van der Waals surface area contributed by atoms with Gasteiger partial charge in [-0.2, -0.15) is 31.1 Å². The number of aldehydes is 2. The van der Waals surface area contributed by atoms with Crippen molar-refractivity contribution in [1.29, 1.82) is 0 Å². The number of aryl methyl sites for hydroxylation is 1. The highest BCUT2D eigenvalue weighted by Gasteiger charge is 2.40. The molecule has 6 aliphatic rings. The van der Waals surface area contributed by atoms with Crippen LogP contribution in [0.2, 0.25) is 5.15 Å². The Labute approximate surface area is 723 Å². The predicted octanol–water partition coefficient (Wildman–Crippen LogP) is 21.9. The minimum Gasteiger partial charge on any atom is -0.392 e. The number of aromatic nitrogens is 7. The number of aliphatic hydroxyl groups is 1. The number of fused-ring (bicyclic) bond motifs is 3. The Morgan fingerprint density at radius 3 is 1.29 bits per heavy atom. The SMILES string of the molecule is Cn1nnc(NCc2cc(C(F)(F)F)cc(C(F)(F)F)c2)n1.O=Cc1cc2cc(F)c(F)cc2nc1Cl.O=Cc1cc2cc(F)c(F)cc2nc1N1CCC[C@@H]1C1CCC(COCc2ccccc2)CC1.OCc1cc2cc(F)c(F)cc2nc1N1CCC[C@@H]1C1CCC(COCc2ccccc2)CC1.c1ccc(COCC2CCC([C@H]3CCCN3)CC2)cc1. The molecule has 6 fully saturated rings. The Bertz CT molecular complexity index is 5320. The number of tetrazole rings is 1. The highest BCUT2D eigenvalue weighted by Crippen LogP contribution is 2.44. The summed E-state index contributed by atoms with van der Waals surface area (Å²) in [5.41, 5.74) is 3.04. The summed E-state index contributed by atoms with van der Waals surface area (Å²) in [4.78, 5) is 41.1. The van der Waals surface area contributed by atoms with Gasteiger partial charge in [0.15, 0.2) is 47.5 Å². The number of hydrogen-bond acceptors (Lipinski definition) is 16. The quantitative estimate of drug-likeness (QED) is 0.0311. The molecule has 664 valence electrons. The topological polar surface area (TPSA) is 195 Å². The van der Waals surface area contributed by atoms with Gasteiger partial charge in [0.2, 0.25) is 0 Å². The van der Waals surface area contributed by atoms with Crippen molar-refractivity contribution < 1.29 is 81.6 Å². The minimum atomic E-state index is -4.87. The summed E-state index contributed by atoms with van der Waals surface area (Å²) in [5.74, 6) is -0.295. The lowest BCUT2D eigenvalue weighted by Gasteiger charge is -2.37. The average Bonchev–Trinajstić information content (AvgIpc) is 1.65. The molecule has 7 heterocycles. The molecule has 0 radical (unpaired) electrons. The van der Waals surface area contributed by atoms with Crippen molar-refractivity contribution >= 4 is 74.5 Å². The van der Waals surface area contributed by atoms with Gasteiger partial charge in [-0.15, -0.1) is 5.10 Å². The lowest BCUT2D eigenvalue weighted by Crippen LogP contribution is -2.39. The maximum Gasteiger partial charge on any atom is 0.416 e. The second-order valence-electron chi connectivity index (χ2n) is 33.2. The second kappa shape index (κ2) is 43.8. The van der Waals surface area contributed by atoms with Crippen molar-refractivity contribution in [2.45, 2.75) is 179 Å². The first kappa shape index (κ1) is 92.5. The maximum absolute atomic E-state index is 13.8. The van der Waals surface area contributed by atoms with Gasteiger partial charge in [-0.1, -0.05) is 108 Å². The summed E-state index contributed by atoms with van der Waals surface area (Å²) in [6.45, 7) is 7.09. The van der Waals surface area contributed by atoms with Crippen LogP contribution in [0.25, 0.3) is 32.7 Å². The zero-order chi connectivity index (χ0) is 88.2. The van der Waals surface area contributed by atoms with E-state index in [1.54, 1.807) is 12.1 Å². The fourth-order valence-corrected chi connectivity index (χ4v) is 18.3. The van der Waals surface area contributed by atoms with E-state index >= 15 is 0 Å². The van der Waals surface area contributed by atoms with E-state index < -0.39 is 58.4 Å². The average molecular weight is 1760 g/mol. The van der Waals surface area contributed by atoms with E-state index in [0.29, 0.717) is 112 Å². The molecule has 11 aromatic rings. The fourth-order valence-electron chi connectivity index (χ4n) is 18.2. The summed E-state index contributed by atoms with van der Waals surface area (Å²) in [5, 5.41) is 28.1. The molecule has 125 heavy (non-hydrogen) atoms. The third-order valence-electron chi connectivity index (χ3n) is 24.6. The monoisotopic (exact) mass is 1760 g/mol. The number of nitrogens with one attached hydrogen (secondary N) is 2.